The second kappa shape index (κ2) is 2.76. The largest absolute Gasteiger partial charge is 0.480 e. The summed E-state index contributed by atoms with van der Waals surface area (Å²) >= 11 is 5.74. The summed E-state index contributed by atoms with van der Waals surface area (Å²) < 4.78 is 0. The van der Waals surface area contributed by atoms with Crippen LogP contribution in [0.15, 0.2) is 0 Å². The number of carbonyl (C=O) groups is 1. The summed E-state index contributed by atoms with van der Waals surface area (Å²) in [6.45, 7) is 0.679. The van der Waals surface area contributed by atoms with E-state index >= 15 is 0 Å². The molecule has 1 aliphatic rings. The Hall–Kier alpha value is -0.280. The Balaban J connectivity index is 2.54. The molecule has 2 atom stereocenters. The lowest BCUT2D eigenvalue weighted by Gasteiger charge is -2.12. The number of carboxylic acid groups (broad SMARTS) is 1. The Morgan fingerprint density at radius 2 is 2.40 bits per heavy atom. The molecular formula is C6H10ClNO2. The van der Waals surface area contributed by atoms with Crippen molar-refractivity contribution >= 4 is 17.6 Å². The van der Waals surface area contributed by atoms with Crippen molar-refractivity contribution in [3.8, 4) is 0 Å². The van der Waals surface area contributed by atoms with Crippen molar-refractivity contribution in [2.45, 2.75) is 17.8 Å². The Kier molecular flexibility index (Phi) is 2.16. The van der Waals surface area contributed by atoms with Gasteiger partial charge in [0, 0.05) is 11.9 Å². The zero-order valence-electron chi connectivity index (χ0n) is 5.75. The van der Waals surface area contributed by atoms with Crippen LogP contribution in [0.3, 0.4) is 0 Å². The summed E-state index contributed by atoms with van der Waals surface area (Å²) in [5.41, 5.74) is 0. The van der Waals surface area contributed by atoms with Crippen molar-refractivity contribution in [2.24, 2.45) is 0 Å². The topological polar surface area (TPSA) is 40.5 Å². The minimum atomic E-state index is -0.773. The summed E-state index contributed by atoms with van der Waals surface area (Å²) in [6.07, 6.45) is 0.563. The van der Waals surface area contributed by atoms with Crippen LogP contribution in [0.25, 0.3) is 0 Å². The summed E-state index contributed by atoms with van der Waals surface area (Å²) in [5.74, 6) is -0.773. The van der Waals surface area contributed by atoms with E-state index in [0.717, 1.165) is 0 Å². The van der Waals surface area contributed by atoms with Gasteiger partial charge in [-0.25, -0.2) is 0 Å². The predicted octanol–water partition coefficient (Wildman–Crippen LogP) is 0.383. The Morgan fingerprint density at radius 1 is 1.80 bits per heavy atom. The molecule has 58 valence electrons. The van der Waals surface area contributed by atoms with Gasteiger partial charge in [0.2, 0.25) is 0 Å². The molecule has 0 saturated carbocycles. The maximum absolute atomic E-state index is 10.5. The first-order chi connectivity index (χ1) is 4.61. The molecule has 0 radical (unpaired) electrons. The maximum atomic E-state index is 10.5. The van der Waals surface area contributed by atoms with E-state index in [1.807, 2.05) is 0 Å². The third-order valence-corrected chi connectivity index (χ3v) is 2.10. The number of nitrogens with zero attached hydrogens (tertiary/aromatic N) is 1. The molecule has 0 aliphatic carbocycles. The molecule has 0 aromatic heterocycles. The number of rotatable bonds is 1. The van der Waals surface area contributed by atoms with Gasteiger partial charge < -0.3 is 5.11 Å². The highest BCUT2D eigenvalue weighted by molar-refractivity contribution is 6.21. The van der Waals surface area contributed by atoms with Crippen LogP contribution >= 0.6 is 11.6 Å². The fourth-order valence-electron chi connectivity index (χ4n) is 1.23. The van der Waals surface area contributed by atoms with Gasteiger partial charge in [-0.1, -0.05) is 0 Å². The molecular weight excluding hydrogens is 154 g/mol. The van der Waals surface area contributed by atoms with Crippen LogP contribution in [-0.2, 0) is 4.79 Å². The van der Waals surface area contributed by atoms with Gasteiger partial charge in [-0.05, 0) is 13.5 Å². The standard InChI is InChI=1S/C6H10ClNO2/c1-8-3-4(7)2-5(8)6(9)10/h4-5H,2-3H2,1H3,(H,9,10)/t4?,5-/m0/s1. The minimum Gasteiger partial charge on any atom is -0.480 e. The van der Waals surface area contributed by atoms with Crippen LogP contribution < -0.4 is 0 Å². The average molecular weight is 164 g/mol. The Labute approximate surface area is 64.6 Å². The van der Waals surface area contributed by atoms with E-state index in [-0.39, 0.29) is 11.4 Å². The summed E-state index contributed by atoms with van der Waals surface area (Å²) in [6, 6.07) is -0.373. The lowest BCUT2D eigenvalue weighted by atomic mass is 10.2. The van der Waals surface area contributed by atoms with E-state index < -0.39 is 5.97 Å². The van der Waals surface area contributed by atoms with Gasteiger partial charge in [-0.15, -0.1) is 11.6 Å². The molecule has 1 N–H and O–H groups in total. The maximum Gasteiger partial charge on any atom is 0.320 e. The van der Waals surface area contributed by atoms with Gasteiger partial charge in [-0.3, -0.25) is 9.69 Å². The van der Waals surface area contributed by atoms with E-state index in [2.05, 4.69) is 0 Å². The molecule has 0 aromatic rings. The Bertz CT molecular complexity index is 151. The number of hydrogen-bond donors (Lipinski definition) is 1. The van der Waals surface area contributed by atoms with Crippen molar-refractivity contribution in [2.75, 3.05) is 13.6 Å². The van der Waals surface area contributed by atoms with Crippen LogP contribution in [-0.4, -0.2) is 41.0 Å². The van der Waals surface area contributed by atoms with Gasteiger partial charge in [0.15, 0.2) is 0 Å². The van der Waals surface area contributed by atoms with Crippen LogP contribution in [0.1, 0.15) is 6.42 Å². The van der Waals surface area contributed by atoms with Crippen molar-refractivity contribution in [1.29, 1.82) is 0 Å². The van der Waals surface area contributed by atoms with E-state index in [0.29, 0.717) is 13.0 Å². The lowest BCUT2D eigenvalue weighted by Crippen LogP contribution is -2.32. The van der Waals surface area contributed by atoms with E-state index in [1.54, 1.807) is 11.9 Å². The molecule has 4 heteroatoms. The average Bonchev–Trinajstić information content (AvgIpc) is 2.10. The molecule has 0 spiro atoms. The van der Waals surface area contributed by atoms with Crippen LogP contribution in [0.2, 0.25) is 0 Å². The molecule has 1 rings (SSSR count). The van der Waals surface area contributed by atoms with E-state index in [1.165, 1.54) is 0 Å². The molecule has 1 saturated heterocycles. The zero-order chi connectivity index (χ0) is 7.72. The first-order valence-electron chi connectivity index (χ1n) is 3.18. The number of hydrogen-bond acceptors (Lipinski definition) is 2. The number of aliphatic carboxylic acids is 1. The smallest absolute Gasteiger partial charge is 0.320 e. The molecule has 1 unspecified atom stereocenters. The van der Waals surface area contributed by atoms with Crippen molar-refractivity contribution in [1.82, 2.24) is 4.90 Å². The fraction of sp³-hybridized carbons (Fsp3) is 0.833. The Morgan fingerprint density at radius 3 is 2.60 bits per heavy atom. The second-order valence-electron chi connectivity index (χ2n) is 2.63. The highest BCUT2D eigenvalue weighted by Crippen LogP contribution is 2.19. The van der Waals surface area contributed by atoms with Crippen LogP contribution in [0.4, 0.5) is 0 Å². The van der Waals surface area contributed by atoms with Crippen LogP contribution in [0.5, 0.6) is 0 Å². The highest BCUT2D eigenvalue weighted by atomic mass is 35.5. The van der Waals surface area contributed by atoms with Gasteiger partial charge in [0.05, 0.1) is 0 Å². The molecule has 0 aromatic carbocycles. The van der Waals surface area contributed by atoms with Gasteiger partial charge in [0.1, 0.15) is 6.04 Å². The molecule has 0 bridgehead atoms. The number of halogens is 1. The van der Waals surface area contributed by atoms with E-state index in [9.17, 15) is 4.79 Å². The summed E-state index contributed by atoms with van der Waals surface area (Å²) in [7, 11) is 1.78. The monoisotopic (exact) mass is 163 g/mol. The second-order valence-corrected chi connectivity index (χ2v) is 3.24. The van der Waals surface area contributed by atoms with Crippen molar-refractivity contribution in [3.05, 3.63) is 0 Å². The number of alkyl halides is 1. The van der Waals surface area contributed by atoms with Gasteiger partial charge >= 0.3 is 5.97 Å². The third-order valence-electron chi connectivity index (χ3n) is 1.78. The van der Waals surface area contributed by atoms with Crippen LogP contribution in [0, 0.1) is 0 Å². The quantitative estimate of drug-likeness (QED) is 0.569. The normalized spacial score (nSPS) is 34.6. The predicted molar refractivity (Wildman–Crippen MR) is 38.3 cm³/mol. The summed E-state index contributed by atoms with van der Waals surface area (Å²) in [4.78, 5) is 12.2. The van der Waals surface area contributed by atoms with E-state index in [4.69, 9.17) is 16.7 Å². The van der Waals surface area contributed by atoms with Gasteiger partial charge in [-0.2, -0.15) is 0 Å². The first-order valence-corrected chi connectivity index (χ1v) is 3.62. The van der Waals surface area contributed by atoms with Crippen molar-refractivity contribution < 1.29 is 9.90 Å². The third kappa shape index (κ3) is 1.41. The number of likely N-dealkylation sites (N-methyl/N-ethyl adjacent to an activating group) is 1. The molecule has 10 heavy (non-hydrogen) atoms. The molecule has 1 fully saturated rings. The highest BCUT2D eigenvalue weighted by Gasteiger charge is 2.32. The number of likely N-dealkylation sites (tertiary alicyclic amines) is 1. The molecule has 1 aliphatic heterocycles. The molecule has 0 amide bonds. The zero-order valence-corrected chi connectivity index (χ0v) is 6.51. The lowest BCUT2D eigenvalue weighted by molar-refractivity contribution is -0.141. The molecule has 1 heterocycles. The minimum absolute atomic E-state index is 0.00565. The first kappa shape index (κ1) is 7.82. The number of carboxylic acids is 1. The van der Waals surface area contributed by atoms with Crippen molar-refractivity contribution in [3.63, 3.8) is 0 Å². The molecule has 3 nitrogen and oxygen atoms in total. The van der Waals surface area contributed by atoms with Gasteiger partial charge in [0.25, 0.3) is 0 Å². The fourth-order valence-corrected chi connectivity index (χ4v) is 1.61. The SMILES string of the molecule is CN1CC(Cl)C[C@H]1C(=O)O. The summed E-state index contributed by atoms with van der Waals surface area (Å²) in [5, 5.41) is 8.61.